The van der Waals surface area contributed by atoms with E-state index in [2.05, 4.69) is 10.6 Å². The van der Waals surface area contributed by atoms with Gasteiger partial charge in [0.25, 0.3) is 5.91 Å². The number of hydrogen-bond acceptors (Lipinski definition) is 2. The Balaban J connectivity index is 0.00000162. The summed E-state index contributed by atoms with van der Waals surface area (Å²) in [6.07, 6.45) is 1.90. The first-order valence-electron chi connectivity index (χ1n) is 5.64. The molecule has 2 rings (SSSR count). The molecular weight excluding hydrogens is 295 g/mol. The summed E-state index contributed by atoms with van der Waals surface area (Å²) in [5.74, 6) is -0.149. The Hall–Kier alpha value is -0.480. The summed E-state index contributed by atoms with van der Waals surface area (Å²) in [5.41, 5.74) is 0.442. The molecule has 1 aromatic rings. The molecule has 3 nitrogen and oxygen atoms in total. The van der Waals surface area contributed by atoms with Gasteiger partial charge in [0, 0.05) is 6.04 Å². The van der Waals surface area contributed by atoms with E-state index in [1.54, 1.807) is 18.2 Å². The SMILES string of the molecule is Cl.O=C(NC1CCNCC1)c1cccc(Cl)c1Cl. The van der Waals surface area contributed by atoms with Gasteiger partial charge in [-0.05, 0) is 38.1 Å². The second-order valence-corrected chi connectivity index (χ2v) is 4.88. The Morgan fingerprint density at radius 1 is 1.28 bits per heavy atom. The van der Waals surface area contributed by atoms with Crippen molar-refractivity contribution in [3.8, 4) is 0 Å². The lowest BCUT2D eigenvalue weighted by molar-refractivity contribution is 0.0929. The van der Waals surface area contributed by atoms with Gasteiger partial charge < -0.3 is 10.6 Å². The molecule has 0 spiro atoms. The third-order valence-corrected chi connectivity index (χ3v) is 3.69. The number of benzene rings is 1. The van der Waals surface area contributed by atoms with Gasteiger partial charge in [-0.3, -0.25) is 4.79 Å². The van der Waals surface area contributed by atoms with Crippen LogP contribution in [0.5, 0.6) is 0 Å². The zero-order valence-corrected chi connectivity index (χ0v) is 12.0. The summed E-state index contributed by atoms with van der Waals surface area (Å²) in [5, 5.41) is 6.96. The maximum absolute atomic E-state index is 12.0. The molecule has 1 aliphatic rings. The molecule has 18 heavy (non-hydrogen) atoms. The lowest BCUT2D eigenvalue weighted by Crippen LogP contribution is -2.42. The predicted octanol–water partition coefficient (Wildman–Crippen LogP) is 2.90. The van der Waals surface area contributed by atoms with Gasteiger partial charge in [-0.2, -0.15) is 0 Å². The average Bonchev–Trinajstić information content (AvgIpc) is 2.34. The summed E-state index contributed by atoms with van der Waals surface area (Å²) in [6, 6.07) is 5.31. The molecule has 1 heterocycles. The molecule has 0 aliphatic carbocycles. The molecule has 0 bridgehead atoms. The van der Waals surface area contributed by atoms with E-state index in [1.807, 2.05) is 0 Å². The molecule has 1 aliphatic heterocycles. The highest BCUT2D eigenvalue weighted by molar-refractivity contribution is 6.43. The van der Waals surface area contributed by atoms with E-state index in [0.717, 1.165) is 25.9 Å². The Kier molecular flexibility index (Phi) is 6.22. The minimum atomic E-state index is -0.149. The summed E-state index contributed by atoms with van der Waals surface area (Å²) in [6.45, 7) is 1.88. The number of amides is 1. The summed E-state index contributed by atoms with van der Waals surface area (Å²) >= 11 is 11.9. The molecule has 0 atom stereocenters. The number of carbonyl (C=O) groups is 1. The van der Waals surface area contributed by atoms with Gasteiger partial charge in [0.15, 0.2) is 0 Å². The largest absolute Gasteiger partial charge is 0.349 e. The maximum Gasteiger partial charge on any atom is 0.253 e. The van der Waals surface area contributed by atoms with Gasteiger partial charge in [0.2, 0.25) is 0 Å². The second kappa shape index (κ2) is 7.19. The number of rotatable bonds is 2. The number of carbonyl (C=O) groups excluding carboxylic acids is 1. The fraction of sp³-hybridized carbons (Fsp3) is 0.417. The van der Waals surface area contributed by atoms with Crippen molar-refractivity contribution in [2.45, 2.75) is 18.9 Å². The number of nitrogens with one attached hydrogen (secondary N) is 2. The molecule has 1 fully saturated rings. The normalized spacial score (nSPS) is 15.9. The molecule has 0 unspecified atom stereocenters. The van der Waals surface area contributed by atoms with E-state index >= 15 is 0 Å². The van der Waals surface area contributed by atoms with Gasteiger partial charge in [-0.25, -0.2) is 0 Å². The first-order chi connectivity index (χ1) is 8.18. The molecule has 0 saturated carbocycles. The lowest BCUT2D eigenvalue weighted by Gasteiger charge is -2.23. The summed E-state index contributed by atoms with van der Waals surface area (Å²) in [4.78, 5) is 12.0. The van der Waals surface area contributed by atoms with Gasteiger partial charge >= 0.3 is 0 Å². The van der Waals surface area contributed by atoms with E-state index in [4.69, 9.17) is 23.2 Å². The van der Waals surface area contributed by atoms with Crippen LogP contribution in [0, 0.1) is 0 Å². The van der Waals surface area contributed by atoms with Crippen LogP contribution in [0.15, 0.2) is 18.2 Å². The Morgan fingerprint density at radius 3 is 2.61 bits per heavy atom. The zero-order chi connectivity index (χ0) is 12.3. The molecule has 0 aromatic heterocycles. The monoisotopic (exact) mass is 308 g/mol. The molecular formula is C12H15Cl3N2O. The number of halogens is 3. The minimum absolute atomic E-state index is 0. The van der Waals surface area contributed by atoms with Crippen LogP contribution in [0.1, 0.15) is 23.2 Å². The highest BCUT2D eigenvalue weighted by atomic mass is 35.5. The topological polar surface area (TPSA) is 41.1 Å². The van der Waals surface area contributed by atoms with Crippen LogP contribution in [0.3, 0.4) is 0 Å². The van der Waals surface area contributed by atoms with Gasteiger partial charge in [-0.1, -0.05) is 29.3 Å². The molecule has 2 N–H and O–H groups in total. The van der Waals surface area contributed by atoms with Gasteiger partial charge in [0.05, 0.1) is 15.6 Å². The first kappa shape index (κ1) is 15.6. The summed E-state index contributed by atoms with van der Waals surface area (Å²) < 4.78 is 0. The van der Waals surface area contributed by atoms with Crippen LogP contribution >= 0.6 is 35.6 Å². The van der Waals surface area contributed by atoms with Crippen LogP contribution in [-0.4, -0.2) is 25.0 Å². The summed E-state index contributed by atoms with van der Waals surface area (Å²) in [7, 11) is 0. The third kappa shape index (κ3) is 3.75. The Bertz CT molecular complexity index is 420. The highest BCUT2D eigenvalue weighted by Crippen LogP contribution is 2.25. The highest BCUT2D eigenvalue weighted by Gasteiger charge is 2.18. The van der Waals surface area contributed by atoms with Crippen LogP contribution in [0.25, 0.3) is 0 Å². The third-order valence-electron chi connectivity index (χ3n) is 2.87. The molecule has 6 heteroatoms. The minimum Gasteiger partial charge on any atom is -0.349 e. The van der Waals surface area contributed by atoms with Crippen LogP contribution in [0.4, 0.5) is 0 Å². The maximum atomic E-state index is 12.0. The van der Waals surface area contributed by atoms with Crippen molar-refractivity contribution in [3.63, 3.8) is 0 Å². The predicted molar refractivity (Wildman–Crippen MR) is 77.1 cm³/mol. The molecule has 1 aromatic carbocycles. The molecule has 1 saturated heterocycles. The number of hydrogen-bond donors (Lipinski definition) is 2. The quantitative estimate of drug-likeness (QED) is 0.882. The van der Waals surface area contributed by atoms with E-state index < -0.39 is 0 Å². The average molecular weight is 310 g/mol. The molecule has 0 radical (unpaired) electrons. The van der Waals surface area contributed by atoms with E-state index in [1.165, 1.54) is 0 Å². The van der Waals surface area contributed by atoms with Crippen molar-refractivity contribution in [1.29, 1.82) is 0 Å². The standard InChI is InChI=1S/C12H14Cl2N2O.ClH/c13-10-3-1-2-9(11(10)14)12(17)16-8-4-6-15-7-5-8;/h1-3,8,15H,4-7H2,(H,16,17);1H. The molecule has 1 amide bonds. The molecule has 100 valence electrons. The van der Waals surface area contributed by atoms with Crippen molar-refractivity contribution in [2.24, 2.45) is 0 Å². The Morgan fingerprint density at radius 2 is 1.94 bits per heavy atom. The van der Waals surface area contributed by atoms with Gasteiger partial charge in [-0.15, -0.1) is 12.4 Å². The first-order valence-corrected chi connectivity index (χ1v) is 6.39. The zero-order valence-electron chi connectivity index (χ0n) is 9.71. The van der Waals surface area contributed by atoms with E-state index in [0.29, 0.717) is 15.6 Å². The van der Waals surface area contributed by atoms with E-state index in [-0.39, 0.29) is 24.4 Å². The Labute approximate surface area is 123 Å². The van der Waals surface area contributed by atoms with Crippen LogP contribution in [-0.2, 0) is 0 Å². The van der Waals surface area contributed by atoms with Crippen LogP contribution in [0.2, 0.25) is 10.0 Å². The second-order valence-electron chi connectivity index (χ2n) is 4.10. The van der Waals surface area contributed by atoms with Crippen molar-refractivity contribution >= 4 is 41.5 Å². The number of piperidine rings is 1. The van der Waals surface area contributed by atoms with E-state index in [9.17, 15) is 4.79 Å². The fourth-order valence-electron chi connectivity index (χ4n) is 1.91. The van der Waals surface area contributed by atoms with Crippen molar-refractivity contribution in [1.82, 2.24) is 10.6 Å². The van der Waals surface area contributed by atoms with Gasteiger partial charge in [0.1, 0.15) is 0 Å². The fourth-order valence-corrected chi connectivity index (χ4v) is 2.29. The van der Waals surface area contributed by atoms with Crippen LogP contribution < -0.4 is 10.6 Å². The van der Waals surface area contributed by atoms with Crippen molar-refractivity contribution in [3.05, 3.63) is 33.8 Å². The van der Waals surface area contributed by atoms with Crippen molar-refractivity contribution in [2.75, 3.05) is 13.1 Å². The smallest absolute Gasteiger partial charge is 0.253 e. The van der Waals surface area contributed by atoms with Crippen molar-refractivity contribution < 1.29 is 4.79 Å². The lowest BCUT2D eigenvalue weighted by atomic mass is 10.1.